The number of methoxy groups -OCH3 is 1. The van der Waals surface area contributed by atoms with Gasteiger partial charge in [0.05, 0.1) is 7.11 Å². The second-order valence-electron chi connectivity index (χ2n) is 3.56. The highest BCUT2D eigenvalue weighted by atomic mass is 16.5. The molecule has 5 heteroatoms. The largest absolute Gasteiger partial charge is 0.507 e. The van der Waals surface area contributed by atoms with E-state index >= 15 is 0 Å². The van der Waals surface area contributed by atoms with Crippen molar-refractivity contribution in [2.45, 2.75) is 19.4 Å². The van der Waals surface area contributed by atoms with Crippen LogP contribution >= 0.6 is 0 Å². The van der Waals surface area contributed by atoms with Crippen molar-refractivity contribution in [1.82, 2.24) is 0 Å². The number of aryl methyl sites for hydroxylation is 1. The van der Waals surface area contributed by atoms with Gasteiger partial charge in [0.2, 0.25) is 0 Å². The molecule has 0 aliphatic heterocycles. The van der Waals surface area contributed by atoms with Crippen molar-refractivity contribution in [3.63, 3.8) is 0 Å². The van der Waals surface area contributed by atoms with Crippen LogP contribution in [0, 0.1) is 6.92 Å². The predicted molar refractivity (Wildman–Crippen MR) is 58.7 cm³/mol. The Morgan fingerprint density at radius 2 is 2.19 bits per heavy atom. The van der Waals surface area contributed by atoms with Gasteiger partial charge in [0.1, 0.15) is 17.5 Å². The Bertz CT molecular complexity index is 403. The van der Waals surface area contributed by atoms with E-state index in [0.717, 1.165) is 0 Å². The molecule has 5 nitrogen and oxygen atoms in total. The fourth-order valence-electron chi connectivity index (χ4n) is 1.43. The molecule has 0 saturated carbocycles. The molecule has 0 aliphatic rings. The average molecular weight is 225 g/mol. The minimum absolute atomic E-state index is 0.0338. The lowest BCUT2D eigenvalue weighted by Crippen LogP contribution is -2.32. The zero-order valence-corrected chi connectivity index (χ0v) is 9.23. The summed E-state index contributed by atoms with van der Waals surface area (Å²) in [5.41, 5.74) is 6.51. The summed E-state index contributed by atoms with van der Waals surface area (Å²) < 4.78 is 5.05. The number of nitrogens with two attached hydrogens (primary N) is 1. The molecule has 0 bridgehead atoms. The summed E-state index contributed by atoms with van der Waals surface area (Å²) in [6.07, 6.45) is 0.0338. The highest BCUT2D eigenvalue weighted by molar-refractivity contribution is 5.74. The number of carbonyl (C=O) groups is 1. The van der Waals surface area contributed by atoms with E-state index in [2.05, 4.69) is 0 Å². The van der Waals surface area contributed by atoms with Gasteiger partial charge in [-0.2, -0.15) is 0 Å². The lowest BCUT2D eigenvalue weighted by Gasteiger charge is -2.14. The van der Waals surface area contributed by atoms with Gasteiger partial charge >= 0.3 is 5.97 Å². The zero-order chi connectivity index (χ0) is 12.3. The molecule has 1 rings (SSSR count). The first-order valence-electron chi connectivity index (χ1n) is 4.81. The molecule has 0 aromatic heterocycles. The topological polar surface area (TPSA) is 92.8 Å². The van der Waals surface area contributed by atoms with E-state index in [-0.39, 0.29) is 12.2 Å². The Morgan fingerprint density at radius 1 is 1.56 bits per heavy atom. The van der Waals surface area contributed by atoms with Crippen molar-refractivity contribution in [2.24, 2.45) is 5.73 Å². The first kappa shape index (κ1) is 12.3. The summed E-state index contributed by atoms with van der Waals surface area (Å²) in [7, 11) is 1.46. The van der Waals surface area contributed by atoms with Gasteiger partial charge in [0.25, 0.3) is 0 Å². The van der Waals surface area contributed by atoms with Gasteiger partial charge in [-0.3, -0.25) is 4.79 Å². The maximum atomic E-state index is 10.7. The van der Waals surface area contributed by atoms with E-state index in [1.807, 2.05) is 0 Å². The number of phenolic OH excluding ortho intramolecular Hbond substituents is 1. The number of ether oxygens (including phenoxy) is 1. The smallest absolute Gasteiger partial charge is 0.320 e. The van der Waals surface area contributed by atoms with Crippen LogP contribution in [-0.4, -0.2) is 29.3 Å². The molecule has 1 unspecified atom stereocenters. The monoisotopic (exact) mass is 225 g/mol. The molecule has 1 atom stereocenters. The van der Waals surface area contributed by atoms with E-state index in [1.165, 1.54) is 7.11 Å². The fraction of sp³-hybridized carbons (Fsp3) is 0.364. The molecule has 1 aromatic rings. The minimum Gasteiger partial charge on any atom is -0.507 e. The van der Waals surface area contributed by atoms with Crippen LogP contribution in [0.5, 0.6) is 11.5 Å². The van der Waals surface area contributed by atoms with E-state index in [0.29, 0.717) is 16.9 Å². The van der Waals surface area contributed by atoms with Crippen LogP contribution < -0.4 is 10.5 Å². The first-order chi connectivity index (χ1) is 7.47. The molecule has 0 heterocycles. The number of carboxylic acids is 1. The van der Waals surface area contributed by atoms with Gasteiger partial charge in [0.15, 0.2) is 0 Å². The third kappa shape index (κ3) is 2.43. The van der Waals surface area contributed by atoms with Crippen LogP contribution in [0.3, 0.4) is 0 Å². The molecule has 0 aliphatic carbocycles. The molecule has 1 aromatic carbocycles. The molecule has 0 radical (unpaired) electrons. The van der Waals surface area contributed by atoms with Crippen LogP contribution in [0.2, 0.25) is 0 Å². The Hall–Kier alpha value is -1.75. The van der Waals surface area contributed by atoms with Crippen LogP contribution in [0.25, 0.3) is 0 Å². The van der Waals surface area contributed by atoms with Gasteiger partial charge in [-0.15, -0.1) is 0 Å². The molecule has 16 heavy (non-hydrogen) atoms. The number of phenols is 1. The van der Waals surface area contributed by atoms with Gasteiger partial charge in [-0.05, 0) is 18.6 Å². The standard InChI is InChI=1S/C11H15NO4/c1-6-3-4-9(16-2)7(10(6)13)5-8(12)11(14)15/h3-4,8,13H,5,12H2,1-2H3,(H,14,15). The van der Waals surface area contributed by atoms with E-state index in [4.69, 9.17) is 15.6 Å². The Labute approximate surface area is 93.5 Å². The fourth-order valence-corrected chi connectivity index (χ4v) is 1.43. The number of aliphatic carboxylic acids is 1. The van der Waals surface area contributed by atoms with E-state index in [1.54, 1.807) is 19.1 Å². The average Bonchev–Trinajstić information content (AvgIpc) is 2.25. The molecule has 0 amide bonds. The Kier molecular flexibility index (Phi) is 3.73. The molecule has 0 fully saturated rings. The molecular formula is C11H15NO4. The summed E-state index contributed by atoms with van der Waals surface area (Å²) in [5.74, 6) is -0.626. The number of hydrogen-bond acceptors (Lipinski definition) is 4. The van der Waals surface area contributed by atoms with Crippen LogP contribution in [-0.2, 0) is 11.2 Å². The van der Waals surface area contributed by atoms with Gasteiger partial charge < -0.3 is 20.7 Å². The van der Waals surface area contributed by atoms with Crippen molar-refractivity contribution in [3.8, 4) is 11.5 Å². The van der Waals surface area contributed by atoms with Gasteiger partial charge in [0, 0.05) is 12.0 Å². The van der Waals surface area contributed by atoms with E-state index < -0.39 is 12.0 Å². The predicted octanol–water partition coefficient (Wildman–Crippen LogP) is 0.664. The summed E-state index contributed by atoms with van der Waals surface area (Å²) in [5, 5.41) is 18.5. The first-order valence-corrected chi connectivity index (χ1v) is 4.81. The highest BCUT2D eigenvalue weighted by Crippen LogP contribution is 2.31. The maximum absolute atomic E-state index is 10.7. The van der Waals surface area contributed by atoms with Crippen molar-refractivity contribution in [3.05, 3.63) is 23.3 Å². The normalized spacial score (nSPS) is 12.2. The summed E-state index contributed by atoms with van der Waals surface area (Å²) >= 11 is 0. The highest BCUT2D eigenvalue weighted by Gasteiger charge is 2.18. The summed E-state index contributed by atoms with van der Waals surface area (Å²) in [6.45, 7) is 1.73. The molecule has 4 N–H and O–H groups in total. The molecule has 0 saturated heterocycles. The Morgan fingerprint density at radius 3 is 2.69 bits per heavy atom. The third-order valence-electron chi connectivity index (χ3n) is 2.40. The van der Waals surface area contributed by atoms with Crippen molar-refractivity contribution in [2.75, 3.05) is 7.11 Å². The SMILES string of the molecule is COc1ccc(C)c(O)c1CC(N)C(=O)O. The lowest BCUT2D eigenvalue weighted by molar-refractivity contribution is -0.138. The maximum Gasteiger partial charge on any atom is 0.320 e. The number of rotatable bonds is 4. The lowest BCUT2D eigenvalue weighted by atomic mass is 10.0. The number of carboxylic acid groups (broad SMARTS) is 1. The summed E-state index contributed by atoms with van der Waals surface area (Å²) in [6, 6.07) is 2.32. The van der Waals surface area contributed by atoms with Gasteiger partial charge in [-0.1, -0.05) is 6.07 Å². The number of benzene rings is 1. The Balaban J connectivity index is 3.10. The van der Waals surface area contributed by atoms with Crippen LogP contribution in [0.1, 0.15) is 11.1 Å². The van der Waals surface area contributed by atoms with Crippen LogP contribution in [0.4, 0.5) is 0 Å². The summed E-state index contributed by atoms with van der Waals surface area (Å²) in [4.78, 5) is 10.7. The number of aromatic hydroxyl groups is 1. The third-order valence-corrected chi connectivity index (χ3v) is 2.40. The zero-order valence-electron chi connectivity index (χ0n) is 9.23. The number of hydrogen-bond donors (Lipinski definition) is 3. The van der Waals surface area contributed by atoms with Gasteiger partial charge in [-0.25, -0.2) is 0 Å². The molecule has 0 spiro atoms. The second kappa shape index (κ2) is 4.85. The van der Waals surface area contributed by atoms with Crippen LogP contribution in [0.15, 0.2) is 12.1 Å². The molecule has 88 valence electrons. The van der Waals surface area contributed by atoms with Crippen molar-refractivity contribution < 1.29 is 19.7 Å². The van der Waals surface area contributed by atoms with E-state index in [9.17, 15) is 9.90 Å². The minimum atomic E-state index is -1.11. The second-order valence-corrected chi connectivity index (χ2v) is 3.56. The quantitative estimate of drug-likeness (QED) is 0.700. The molecular weight excluding hydrogens is 210 g/mol. The van der Waals surface area contributed by atoms with Crippen molar-refractivity contribution >= 4 is 5.97 Å². The van der Waals surface area contributed by atoms with Crippen molar-refractivity contribution in [1.29, 1.82) is 0 Å².